The predicted octanol–water partition coefficient (Wildman–Crippen LogP) is 1.80. The monoisotopic (exact) mass is 237 g/mol. The second-order valence-electron chi connectivity index (χ2n) is 3.35. The summed E-state index contributed by atoms with van der Waals surface area (Å²) in [6.07, 6.45) is 4.05. The zero-order valence-corrected chi connectivity index (χ0v) is 9.78. The highest BCUT2D eigenvalue weighted by atomic mass is 32.1. The lowest BCUT2D eigenvalue weighted by Gasteiger charge is -1.92. The number of nitrogens with zero attached hydrogens (tertiary/aromatic N) is 3. The van der Waals surface area contributed by atoms with E-state index in [1.165, 1.54) is 17.5 Å². The van der Waals surface area contributed by atoms with Crippen LogP contribution in [0.15, 0.2) is 12.4 Å². The summed E-state index contributed by atoms with van der Waals surface area (Å²) in [4.78, 5) is 15.1. The molecule has 0 spiro atoms. The number of aromatic nitrogens is 3. The lowest BCUT2D eigenvalue weighted by atomic mass is 10.2. The Hall–Kier alpha value is -1.69. The molecular weight excluding hydrogens is 226 g/mol. The van der Waals surface area contributed by atoms with Gasteiger partial charge in [-0.25, -0.2) is 9.78 Å². The van der Waals surface area contributed by atoms with Crippen LogP contribution in [-0.2, 0) is 13.5 Å². The topological polar surface area (TPSA) is 68.0 Å². The third-order valence-corrected chi connectivity index (χ3v) is 3.21. The van der Waals surface area contributed by atoms with E-state index in [4.69, 9.17) is 5.11 Å². The molecular formula is C10H11N3O2S. The van der Waals surface area contributed by atoms with Crippen molar-refractivity contribution in [3.63, 3.8) is 0 Å². The highest BCUT2D eigenvalue weighted by Gasteiger charge is 2.14. The Bertz CT molecular complexity index is 530. The minimum absolute atomic E-state index is 0.251. The maximum atomic E-state index is 10.8. The van der Waals surface area contributed by atoms with E-state index >= 15 is 0 Å². The van der Waals surface area contributed by atoms with Crippen LogP contribution in [0.5, 0.6) is 0 Å². The average molecular weight is 237 g/mol. The fraction of sp³-hybridized carbons (Fsp3) is 0.300. The normalized spacial score (nSPS) is 10.6. The molecule has 16 heavy (non-hydrogen) atoms. The van der Waals surface area contributed by atoms with Gasteiger partial charge < -0.3 is 5.11 Å². The van der Waals surface area contributed by atoms with Crippen LogP contribution >= 0.6 is 11.3 Å². The van der Waals surface area contributed by atoms with Crippen LogP contribution in [-0.4, -0.2) is 25.8 Å². The van der Waals surface area contributed by atoms with Gasteiger partial charge in [-0.3, -0.25) is 4.68 Å². The smallest absolute Gasteiger partial charge is 0.347 e. The van der Waals surface area contributed by atoms with Gasteiger partial charge in [0.05, 0.1) is 17.5 Å². The average Bonchev–Trinajstić information content (AvgIpc) is 2.82. The molecule has 0 unspecified atom stereocenters. The first kappa shape index (κ1) is 10.8. The number of hydrogen-bond donors (Lipinski definition) is 1. The molecule has 0 aliphatic carbocycles. The molecule has 0 aromatic carbocycles. The van der Waals surface area contributed by atoms with Gasteiger partial charge in [-0.1, -0.05) is 6.92 Å². The van der Waals surface area contributed by atoms with Gasteiger partial charge in [0.15, 0.2) is 0 Å². The van der Waals surface area contributed by atoms with Gasteiger partial charge in [0.25, 0.3) is 0 Å². The first-order valence-corrected chi connectivity index (χ1v) is 5.65. The van der Waals surface area contributed by atoms with Gasteiger partial charge in [-0.15, -0.1) is 11.3 Å². The third kappa shape index (κ3) is 1.83. The van der Waals surface area contributed by atoms with Crippen molar-refractivity contribution in [1.29, 1.82) is 0 Å². The number of aryl methyl sites for hydroxylation is 2. The summed E-state index contributed by atoms with van der Waals surface area (Å²) in [6, 6.07) is 0. The van der Waals surface area contributed by atoms with Crippen molar-refractivity contribution in [2.45, 2.75) is 13.3 Å². The maximum Gasteiger partial charge on any atom is 0.347 e. The molecule has 0 aliphatic rings. The molecule has 0 aliphatic heterocycles. The molecule has 2 heterocycles. The lowest BCUT2D eigenvalue weighted by Crippen LogP contribution is -1.89. The Labute approximate surface area is 96.4 Å². The van der Waals surface area contributed by atoms with Crippen LogP contribution in [0.4, 0.5) is 0 Å². The van der Waals surface area contributed by atoms with E-state index in [1.807, 2.05) is 20.2 Å². The molecule has 0 saturated carbocycles. The molecule has 5 nitrogen and oxygen atoms in total. The van der Waals surface area contributed by atoms with Crippen LogP contribution in [0.2, 0.25) is 0 Å². The molecule has 0 fully saturated rings. The fourth-order valence-corrected chi connectivity index (χ4v) is 2.26. The molecule has 84 valence electrons. The van der Waals surface area contributed by atoms with Crippen LogP contribution in [0.25, 0.3) is 10.6 Å². The molecule has 0 saturated heterocycles. The van der Waals surface area contributed by atoms with Crippen molar-refractivity contribution in [2.75, 3.05) is 0 Å². The number of thiazole rings is 1. The number of carbonyl (C=O) groups is 1. The first-order chi connectivity index (χ1) is 7.61. The fourth-order valence-electron chi connectivity index (χ4n) is 1.47. The van der Waals surface area contributed by atoms with Gasteiger partial charge >= 0.3 is 5.97 Å². The summed E-state index contributed by atoms with van der Waals surface area (Å²) in [6.45, 7) is 2.01. The Morgan fingerprint density at radius 2 is 2.38 bits per heavy atom. The maximum absolute atomic E-state index is 10.8. The number of carboxylic acid groups (broad SMARTS) is 1. The van der Waals surface area contributed by atoms with Crippen molar-refractivity contribution in [2.24, 2.45) is 7.05 Å². The summed E-state index contributed by atoms with van der Waals surface area (Å²) < 4.78 is 1.72. The van der Waals surface area contributed by atoms with Crippen molar-refractivity contribution in [3.8, 4) is 10.6 Å². The Morgan fingerprint density at radius 3 is 2.94 bits per heavy atom. The van der Waals surface area contributed by atoms with Gasteiger partial charge in [0, 0.05) is 13.2 Å². The van der Waals surface area contributed by atoms with Crippen LogP contribution in [0.3, 0.4) is 0 Å². The predicted molar refractivity (Wildman–Crippen MR) is 60.7 cm³/mol. The highest BCUT2D eigenvalue weighted by Crippen LogP contribution is 2.27. The van der Waals surface area contributed by atoms with E-state index in [9.17, 15) is 4.79 Å². The minimum Gasteiger partial charge on any atom is -0.477 e. The Kier molecular flexibility index (Phi) is 2.74. The van der Waals surface area contributed by atoms with Gasteiger partial charge in [0.2, 0.25) is 0 Å². The zero-order valence-electron chi connectivity index (χ0n) is 8.97. The molecule has 0 radical (unpaired) electrons. The third-order valence-electron chi connectivity index (χ3n) is 2.19. The van der Waals surface area contributed by atoms with E-state index in [1.54, 1.807) is 4.68 Å². The van der Waals surface area contributed by atoms with Crippen molar-refractivity contribution < 1.29 is 9.90 Å². The summed E-state index contributed by atoms with van der Waals surface area (Å²) in [7, 11) is 1.84. The van der Waals surface area contributed by atoms with Crippen LogP contribution in [0, 0.1) is 0 Å². The Morgan fingerprint density at radius 1 is 1.62 bits per heavy atom. The van der Waals surface area contributed by atoms with Crippen molar-refractivity contribution in [3.05, 3.63) is 23.0 Å². The summed E-state index contributed by atoms with van der Waals surface area (Å²) in [5.41, 5.74) is 1.86. The molecule has 0 bridgehead atoms. The number of hydrogen-bond acceptors (Lipinski definition) is 4. The molecule has 0 atom stereocenters. The highest BCUT2D eigenvalue weighted by molar-refractivity contribution is 7.16. The molecule has 2 rings (SSSR count). The van der Waals surface area contributed by atoms with E-state index in [0.717, 1.165) is 17.7 Å². The first-order valence-electron chi connectivity index (χ1n) is 4.83. The van der Waals surface area contributed by atoms with E-state index in [0.29, 0.717) is 5.01 Å². The summed E-state index contributed by atoms with van der Waals surface area (Å²) >= 11 is 1.17. The Balaban J connectivity index is 2.45. The number of aromatic carboxylic acids is 1. The van der Waals surface area contributed by atoms with E-state index in [2.05, 4.69) is 10.1 Å². The van der Waals surface area contributed by atoms with Crippen LogP contribution in [0.1, 0.15) is 22.3 Å². The summed E-state index contributed by atoms with van der Waals surface area (Å²) in [5, 5.41) is 13.8. The van der Waals surface area contributed by atoms with Crippen LogP contribution < -0.4 is 0 Å². The van der Waals surface area contributed by atoms with Crippen molar-refractivity contribution >= 4 is 17.3 Å². The SMILES string of the molecule is CCc1nn(C)cc1-c1ncc(C(=O)O)s1. The van der Waals surface area contributed by atoms with Gasteiger partial charge in [-0.05, 0) is 6.42 Å². The quantitative estimate of drug-likeness (QED) is 0.883. The lowest BCUT2D eigenvalue weighted by molar-refractivity contribution is 0.0702. The van der Waals surface area contributed by atoms with E-state index < -0.39 is 5.97 Å². The molecule has 2 aromatic heterocycles. The number of carboxylic acids is 1. The van der Waals surface area contributed by atoms with Gasteiger partial charge in [-0.2, -0.15) is 5.10 Å². The second-order valence-corrected chi connectivity index (χ2v) is 4.38. The van der Waals surface area contributed by atoms with E-state index in [-0.39, 0.29) is 4.88 Å². The summed E-state index contributed by atoms with van der Waals surface area (Å²) in [5.74, 6) is -0.939. The van der Waals surface area contributed by atoms with Gasteiger partial charge in [0.1, 0.15) is 9.88 Å². The number of rotatable bonds is 3. The molecule has 6 heteroatoms. The second kappa shape index (κ2) is 4.05. The standard InChI is InChI=1S/C10H11N3O2S/c1-3-7-6(5-13(2)12-7)9-11-4-8(16-9)10(14)15/h4-5H,3H2,1-2H3,(H,14,15). The molecule has 0 amide bonds. The minimum atomic E-state index is -0.939. The zero-order chi connectivity index (χ0) is 11.7. The molecule has 2 aromatic rings. The van der Waals surface area contributed by atoms with Crippen molar-refractivity contribution in [1.82, 2.24) is 14.8 Å². The molecule has 1 N–H and O–H groups in total. The largest absolute Gasteiger partial charge is 0.477 e.